The summed E-state index contributed by atoms with van der Waals surface area (Å²) < 4.78 is 18.6. The fourth-order valence-corrected chi connectivity index (χ4v) is 3.66. The lowest BCUT2D eigenvalue weighted by atomic mass is 10.2. The fourth-order valence-electron chi connectivity index (χ4n) is 2.11. The van der Waals surface area contributed by atoms with Crippen LogP contribution in [-0.2, 0) is 4.79 Å². The third-order valence-electron chi connectivity index (χ3n) is 3.41. The summed E-state index contributed by atoms with van der Waals surface area (Å²) in [4.78, 5) is 24.1. The lowest BCUT2D eigenvalue weighted by molar-refractivity contribution is -0.113. The van der Waals surface area contributed by atoms with Crippen molar-refractivity contribution in [2.75, 3.05) is 23.5 Å². The Balaban J connectivity index is 1.50. The van der Waals surface area contributed by atoms with E-state index in [9.17, 15) is 14.0 Å². The second-order valence-corrected chi connectivity index (χ2v) is 7.60. The molecule has 2 amide bonds. The van der Waals surface area contributed by atoms with E-state index in [1.807, 2.05) is 0 Å². The van der Waals surface area contributed by atoms with E-state index in [0.717, 1.165) is 11.3 Å². The van der Waals surface area contributed by atoms with Crippen LogP contribution in [0.1, 0.15) is 10.4 Å². The Morgan fingerprint density at radius 2 is 1.93 bits per heavy atom. The molecular formula is C18H15FN4O3S2. The van der Waals surface area contributed by atoms with Crippen LogP contribution >= 0.6 is 23.1 Å². The number of halogens is 1. The minimum Gasteiger partial charge on any atom is -0.497 e. The molecule has 0 aliphatic carbocycles. The predicted octanol–water partition coefficient (Wildman–Crippen LogP) is 3.67. The van der Waals surface area contributed by atoms with Crippen LogP contribution in [0.3, 0.4) is 0 Å². The molecule has 2 N–H and O–H groups in total. The van der Waals surface area contributed by atoms with Crippen molar-refractivity contribution < 1.29 is 18.7 Å². The van der Waals surface area contributed by atoms with Gasteiger partial charge in [-0.15, -0.1) is 10.2 Å². The number of anilines is 2. The molecule has 0 spiro atoms. The fraction of sp³-hybridized carbons (Fsp3) is 0.111. The standard InChI is InChI=1S/C18H15FN4O3S2/c1-26-14-4-2-3-13(9-14)20-15(24)10-27-18-23-22-17(28-18)21-16(25)11-5-7-12(19)8-6-11/h2-9H,10H2,1H3,(H,20,24)(H,21,22,25). The van der Waals surface area contributed by atoms with Gasteiger partial charge in [0.05, 0.1) is 12.9 Å². The number of hydrogen-bond acceptors (Lipinski definition) is 7. The summed E-state index contributed by atoms with van der Waals surface area (Å²) in [5, 5.41) is 13.5. The zero-order valence-electron chi connectivity index (χ0n) is 14.6. The van der Waals surface area contributed by atoms with E-state index >= 15 is 0 Å². The van der Waals surface area contributed by atoms with Crippen LogP contribution < -0.4 is 15.4 Å². The molecule has 0 atom stereocenters. The second kappa shape index (κ2) is 9.29. The number of hydrogen-bond donors (Lipinski definition) is 2. The highest BCUT2D eigenvalue weighted by atomic mass is 32.2. The quantitative estimate of drug-likeness (QED) is 0.449. The normalized spacial score (nSPS) is 10.4. The van der Waals surface area contributed by atoms with Crippen LogP contribution in [0.5, 0.6) is 5.75 Å². The second-order valence-electron chi connectivity index (χ2n) is 5.40. The molecule has 0 unspecified atom stereocenters. The SMILES string of the molecule is COc1cccc(NC(=O)CSc2nnc(NC(=O)c3ccc(F)cc3)s2)c1. The summed E-state index contributed by atoms with van der Waals surface area (Å²) in [6.45, 7) is 0. The Morgan fingerprint density at radius 3 is 2.68 bits per heavy atom. The Morgan fingerprint density at radius 1 is 1.14 bits per heavy atom. The number of ether oxygens (including phenoxy) is 1. The van der Waals surface area contributed by atoms with Crippen LogP contribution in [0.25, 0.3) is 0 Å². The van der Waals surface area contributed by atoms with Crippen molar-refractivity contribution in [1.29, 1.82) is 0 Å². The van der Waals surface area contributed by atoms with Crippen molar-refractivity contribution in [3.8, 4) is 5.75 Å². The molecule has 2 aromatic carbocycles. The number of thioether (sulfide) groups is 1. The maximum atomic E-state index is 12.9. The molecule has 1 aromatic heterocycles. The highest BCUT2D eigenvalue weighted by Crippen LogP contribution is 2.26. The van der Waals surface area contributed by atoms with Gasteiger partial charge in [-0.3, -0.25) is 14.9 Å². The number of nitrogens with zero attached hydrogens (tertiary/aromatic N) is 2. The van der Waals surface area contributed by atoms with Gasteiger partial charge >= 0.3 is 0 Å². The van der Waals surface area contributed by atoms with Crippen molar-refractivity contribution in [2.45, 2.75) is 4.34 Å². The van der Waals surface area contributed by atoms with Gasteiger partial charge in [-0.1, -0.05) is 29.2 Å². The van der Waals surface area contributed by atoms with Crippen LogP contribution in [-0.4, -0.2) is 34.9 Å². The minimum atomic E-state index is -0.418. The van der Waals surface area contributed by atoms with Gasteiger partial charge in [-0.25, -0.2) is 4.39 Å². The first kappa shape index (κ1) is 19.8. The molecule has 3 rings (SSSR count). The average Bonchev–Trinajstić information content (AvgIpc) is 3.14. The van der Waals surface area contributed by atoms with Crippen molar-refractivity contribution in [1.82, 2.24) is 10.2 Å². The zero-order chi connectivity index (χ0) is 19.9. The molecule has 0 fully saturated rings. The van der Waals surface area contributed by atoms with Gasteiger partial charge < -0.3 is 10.1 Å². The first-order valence-corrected chi connectivity index (χ1v) is 9.81. The Bertz CT molecular complexity index is 979. The number of rotatable bonds is 7. The highest BCUT2D eigenvalue weighted by molar-refractivity contribution is 8.01. The summed E-state index contributed by atoms with van der Waals surface area (Å²) in [5.74, 6) is -0.249. The van der Waals surface area contributed by atoms with Gasteiger partial charge in [0, 0.05) is 17.3 Å². The molecule has 144 valence electrons. The molecule has 0 aliphatic rings. The Hall–Kier alpha value is -2.98. The van der Waals surface area contributed by atoms with Gasteiger partial charge in [-0.2, -0.15) is 0 Å². The molecule has 3 aromatic rings. The van der Waals surface area contributed by atoms with Gasteiger partial charge in [0.15, 0.2) is 4.34 Å². The van der Waals surface area contributed by atoms with Gasteiger partial charge in [0.1, 0.15) is 11.6 Å². The van der Waals surface area contributed by atoms with Crippen LogP contribution in [0.4, 0.5) is 15.2 Å². The van der Waals surface area contributed by atoms with Crippen molar-refractivity contribution >= 4 is 45.7 Å². The smallest absolute Gasteiger partial charge is 0.257 e. The topological polar surface area (TPSA) is 93.2 Å². The molecule has 0 saturated heterocycles. The first-order chi connectivity index (χ1) is 13.5. The summed E-state index contributed by atoms with van der Waals surface area (Å²) in [6.07, 6.45) is 0. The van der Waals surface area contributed by atoms with Crippen LogP contribution in [0.15, 0.2) is 52.9 Å². The number of carbonyl (C=O) groups is 2. The van der Waals surface area contributed by atoms with Gasteiger partial charge in [-0.05, 0) is 36.4 Å². The summed E-state index contributed by atoms with van der Waals surface area (Å²) in [6, 6.07) is 12.2. The maximum Gasteiger partial charge on any atom is 0.257 e. The molecule has 1 heterocycles. The monoisotopic (exact) mass is 418 g/mol. The minimum absolute atomic E-state index is 0.137. The van der Waals surface area contributed by atoms with E-state index in [2.05, 4.69) is 20.8 Å². The molecular weight excluding hydrogens is 403 g/mol. The summed E-state index contributed by atoms with van der Waals surface area (Å²) in [5.41, 5.74) is 0.943. The van der Waals surface area contributed by atoms with Crippen molar-refractivity contribution in [3.63, 3.8) is 0 Å². The lowest BCUT2D eigenvalue weighted by Crippen LogP contribution is -2.13. The van der Waals surface area contributed by atoms with Crippen LogP contribution in [0.2, 0.25) is 0 Å². The molecule has 7 nitrogen and oxygen atoms in total. The number of amides is 2. The zero-order valence-corrected chi connectivity index (χ0v) is 16.3. The van der Waals surface area contributed by atoms with Crippen molar-refractivity contribution in [3.05, 3.63) is 59.9 Å². The third kappa shape index (κ3) is 5.51. The van der Waals surface area contributed by atoms with E-state index in [-0.39, 0.29) is 11.7 Å². The molecule has 0 saturated carbocycles. The predicted molar refractivity (Wildman–Crippen MR) is 107 cm³/mol. The van der Waals surface area contributed by atoms with E-state index < -0.39 is 11.7 Å². The Kier molecular flexibility index (Phi) is 6.56. The Labute approximate surface area is 168 Å². The number of carbonyl (C=O) groups excluding carboxylic acids is 2. The largest absolute Gasteiger partial charge is 0.497 e. The summed E-state index contributed by atoms with van der Waals surface area (Å²) >= 11 is 2.35. The molecule has 0 aliphatic heterocycles. The number of benzene rings is 2. The molecule has 10 heteroatoms. The molecule has 0 radical (unpaired) electrons. The van der Waals surface area contributed by atoms with E-state index in [0.29, 0.717) is 26.5 Å². The molecule has 28 heavy (non-hydrogen) atoms. The van der Waals surface area contributed by atoms with Crippen molar-refractivity contribution in [2.24, 2.45) is 0 Å². The first-order valence-electron chi connectivity index (χ1n) is 8.00. The number of nitrogens with one attached hydrogen (secondary N) is 2. The number of methoxy groups -OCH3 is 1. The average molecular weight is 418 g/mol. The van der Waals surface area contributed by atoms with E-state index in [1.165, 1.54) is 36.0 Å². The van der Waals surface area contributed by atoms with E-state index in [1.54, 1.807) is 31.4 Å². The van der Waals surface area contributed by atoms with Crippen LogP contribution in [0, 0.1) is 5.82 Å². The molecule has 0 bridgehead atoms. The highest BCUT2D eigenvalue weighted by Gasteiger charge is 2.12. The number of aromatic nitrogens is 2. The van der Waals surface area contributed by atoms with E-state index in [4.69, 9.17) is 4.74 Å². The van der Waals surface area contributed by atoms with Gasteiger partial charge in [0.2, 0.25) is 11.0 Å². The van der Waals surface area contributed by atoms with Gasteiger partial charge in [0.25, 0.3) is 5.91 Å². The lowest BCUT2D eigenvalue weighted by Gasteiger charge is -2.06. The maximum absolute atomic E-state index is 12.9. The third-order valence-corrected chi connectivity index (χ3v) is 5.39. The summed E-state index contributed by atoms with van der Waals surface area (Å²) in [7, 11) is 1.55.